The smallest absolute Gasteiger partial charge is 0.144 e. The van der Waals surface area contributed by atoms with Crippen LogP contribution in [-0.2, 0) is 0 Å². The van der Waals surface area contributed by atoms with Gasteiger partial charge in [-0.2, -0.15) is 0 Å². The minimum atomic E-state index is 0.949. The second kappa shape index (κ2) is 4.43. The van der Waals surface area contributed by atoms with E-state index in [4.69, 9.17) is 4.74 Å². The molecule has 0 N–H and O–H groups in total. The summed E-state index contributed by atoms with van der Waals surface area (Å²) in [5.74, 6) is 1.91. The molecule has 0 bridgehead atoms. The maximum atomic E-state index is 5.41. The van der Waals surface area contributed by atoms with Crippen LogP contribution in [-0.4, -0.2) is 16.5 Å². The van der Waals surface area contributed by atoms with E-state index in [1.807, 2.05) is 24.5 Å². The molecule has 96 valence electrons. The van der Waals surface area contributed by atoms with E-state index >= 15 is 0 Å². The molecule has 0 amide bonds. The molecule has 0 saturated carbocycles. The zero-order valence-corrected chi connectivity index (χ0v) is 11.3. The number of rotatable bonds is 2. The topological polar surface area (TPSA) is 26.5 Å². The lowest BCUT2D eigenvalue weighted by molar-refractivity contribution is 0.408. The lowest BCUT2D eigenvalue weighted by atomic mass is 10.1. The van der Waals surface area contributed by atoms with Gasteiger partial charge in [-0.3, -0.25) is 4.40 Å². The number of hydrogen-bond acceptors (Lipinski definition) is 2. The highest BCUT2D eigenvalue weighted by Crippen LogP contribution is 2.29. The number of aryl methyl sites for hydroxylation is 2. The molecule has 3 aromatic rings. The van der Waals surface area contributed by atoms with Gasteiger partial charge in [-0.05, 0) is 49.2 Å². The van der Waals surface area contributed by atoms with Gasteiger partial charge in [-0.25, -0.2) is 4.98 Å². The average Bonchev–Trinajstić information content (AvgIpc) is 2.82. The predicted molar refractivity (Wildman–Crippen MR) is 76.7 cm³/mol. The Morgan fingerprint density at radius 2 is 1.84 bits per heavy atom. The number of methoxy groups -OCH3 is 1. The van der Waals surface area contributed by atoms with Crippen molar-refractivity contribution in [3.05, 3.63) is 53.9 Å². The second-order valence-electron chi connectivity index (χ2n) is 4.72. The number of benzene rings is 1. The highest BCUT2D eigenvalue weighted by atomic mass is 16.5. The van der Waals surface area contributed by atoms with Gasteiger partial charge in [0.1, 0.15) is 11.6 Å². The zero-order chi connectivity index (χ0) is 13.4. The molecule has 0 aliphatic rings. The van der Waals surface area contributed by atoms with Gasteiger partial charge in [0.2, 0.25) is 0 Å². The van der Waals surface area contributed by atoms with Gasteiger partial charge in [-0.15, -0.1) is 0 Å². The summed E-state index contributed by atoms with van der Waals surface area (Å²) in [4.78, 5) is 4.53. The Balaban J connectivity index is 2.22. The fourth-order valence-corrected chi connectivity index (χ4v) is 2.56. The van der Waals surface area contributed by atoms with Crippen LogP contribution in [0.1, 0.15) is 11.1 Å². The minimum absolute atomic E-state index is 0.949. The summed E-state index contributed by atoms with van der Waals surface area (Å²) in [5.41, 5.74) is 4.47. The molecule has 1 aromatic carbocycles. The van der Waals surface area contributed by atoms with Crippen molar-refractivity contribution in [2.45, 2.75) is 13.8 Å². The molecule has 0 unspecified atom stereocenters. The van der Waals surface area contributed by atoms with Crippen LogP contribution in [0, 0.1) is 13.8 Å². The fraction of sp³-hybridized carbons (Fsp3) is 0.188. The Kier molecular flexibility index (Phi) is 2.75. The molecule has 0 fully saturated rings. The first kappa shape index (κ1) is 11.8. The van der Waals surface area contributed by atoms with Crippen molar-refractivity contribution >= 4 is 5.52 Å². The van der Waals surface area contributed by atoms with Gasteiger partial charge in [0, 0.05) is 11.8 Å². The molecule has 0 aliphatic carbocycles. The predicted octanol–water partition coefficient (Wildman–Crippen LogP) is 3.63. The maximum Gasteiger partial charge on any atom is 0.144 e. The molecule has 0 aliphatic heterocycles. The molecule has 0 radical (unpaired) electrons. The molecule has 3 nitrogen and oxygen atoms in total. The number of fused-ring (bicyclic) bond motifs is 1. The number of nitrogens with zero attached hydrogens (tertiary/aromatic N) is 2. The van der Waals surface area contributed by atoms with Gasteiger partial charge < -0.3 is 4.74 Å². The Morgan fingerprint density at radius 1 is 1.11 bits per heavy atom. The summed E-state index contributed by atoms with van der Waals surface area (Å²) in [7, 11) is 1.71. The van der Waals surface area contributed by atoms with Gasteiger partial charge in [-0.1, -0.05) is 6.07 Å². The Bertz CT molecular complexity index is 720. The molecule has 19 heavy (non-hydrogen) atoms. The lowest BCUT2D eigenvalue weighted by Gasteiger charge is -2.11. The summed E-state index contributed by atoms with van der Waals surface area (Å²) in [5, 5.41) is 0. The van der Waals surface area contributed by atoms with E-state index in [1.54, 1.807) is 7.11 Å². The van der Waals surface area contributed by atoms with Gasteiger partial charge >= 0.3 is 0 Å². The number of hydrogen-bond donors (Lipinski definition) is 0. The van der Waals surface area contributed by atoms with Crippen LogP contribution in [0.4, 0.5) is 0 Å². The summed E-state index contributed by atoms with van der Waals surface area (Å²) < 4.78 is 7.51. The first-order chi connectivity index (χ1) is 9.20. The van der Waals surface area contributed by atoms with Crippen molar-refractivity contribution in [1.82, 2.24) is 9.38 Å². The van der Waals surface area contributed by atoms with Crippen LogP contribution in [0.25, 0.3) is 16.9 Å². The quantitative estimate of drug-likeness (QED) is 0.696. The van der Waals surface area contributed by atoms with Crippen molar-refractivity contribution in [2.75, 3.05) is 7.11 Å². The number of imidazole rings is 1. The van der Waals surface area contributed by atoms with E-state index in [0.717, 1.165) is 33.8 Å². The van der Waals surface area contributed by atoms with Crippen LogP contribution in [0.2, 0.25) is 0 Å². The normalized spacial score (nSPS) is 10.9. The van der Waals surface area contributed by atoms with Crippen molar-refractivity contribution < 1.29 is 4.74 Å². The lowest BCUT2D eigenvalue weighted by Crippen LogP contribution is -1.94. The number of aromatic nitrogens is 2. The van der Waals surface area contributed by atoms with Crippen molar-refractivity contribution in [3.8, 4) is 17.1 Å². The van der Waals surface area contributed by atoms with Gasteiger partial charge in [0.15, 0.2) is 0 Å². The molecule has 2 aromatic heterocycles. The third-order valence-corrected chi connectivity index (χ3v) is 3.36. The van der Waals surface area contributed by atoms with Crippen LogP contribution in [0.3, 0.4) is 0 Å². The summed E-state index contributed by atoms with van der Waals surface area (Å²) in [6.07, 6.45) is 3.93. The average molecular weight is 252 g/mol. The molecular formula is C16H16N2O. The molecule has 2 heterocycles. The van der Waals surface area contributed by atoms with Crippen LogP contribution in [0.5, 0.6) is 5.75 Å². The summed E-state index contributed by atoms with van der Waals surface area (Å²) in [6.45, 7) is 4.12. The minimum Gasteiger partial charge on any atom is -0.496 e. The molecule has 3 heteroatoms. The second-order valence-corrected chi connectivity index (χ2v) is 4.72. The Morgan fingerprint density at radius 3 is 2.53 bits per heavy atom. The van der Waals surface area contributed by atoms with Crippen molar-refractivity contribution in [1.29, 1.82) is 0 Å². The van der Waals surface area contributed by atoms with Crippen LogP contribution < -0.4 is 4.74 Å². The van der Waals surface area contributed by atoms with Gasteiger partial charge in [0.25, 0.3) is 0 Å². The summed E-state index contributed by atoms with van der Waals surface area (Å²) in [6, 6.07) is 10.3. The Hall–Kier alpha value is -2.29. The zero-order valence-electron chi connectivity index (χ0n) is 11.3. The number of pyridine rings is 1. The SMILES string of the molecule is COc1c(C)cc(-c2ncc3ccccn23)cc1C. The summed E-state index contributed by atoms with van der Waals surface area (Å²) >= 11 is 0. The molecule has 3 rings (SSSR count). The fourth-order valence-electron chi connectivity index (χ4n) is 2.56. The first-order valence-electron chi connectivity index (χ1n) is 6.28. The number of ether oxygens (including phenoxy) is 1. The molecular weight excluding hydrogens is 236 g/mol. The van der Waals surface area contributed by atoms with Gasteiger partial charge in [0.05, 0.1) is 18.8 Å². The van der Waals surface area contributed by atoms with E-state index in [0.29, 0.717) is 0 Å². The molecule has 0 atom stereocenters. The highest BCUT2D eigenvalue weighted by molar-refractivity contribution is 5.65. The Labute approximate surface area is 112 Å². The van der Waals surface area contributed by atoms with E-state index in [9.17, 15) is 0 Å². The van der Waals surface area contributed by atoms with Crippen molar-refractivity contribution in [2.24, 2.45) is 0 Å². The molecule has 0 saturated heterocycles. The third kappa shape index (κ3) is 1.87. The van der Waals surface area contributed by atoms with Crippen LogP contribution in [0.15, 0.2) is 42.7 Å². The van der Waals surface area contributed by atoms with E-state index in [-0.39, 0.29) is 0 Å². The standard InChI is InChI=1S/C16H16N2O/c1-11-8-13(9-12(2)15(11)19-3)16-17-10-14-6-4-5-7-18(14)16/h4-10H,1-3H3. The monoisotopic (exact) mass is 252 g/mol. The molecule has 0 spiro atoms. The highest BCUT2D eigenvalue weighted by Gasteiger charge is 2.10. The largest absolute Gasteiger partial charge is 0.496 e. The van der Waals surface area contributed by atoms with Crippen LogP contribution >= 0.6 is 0 Å². The van der Waals surface area contributed by atoms with E-state index in [2.05, 4.69) is 41.4 Å². The maximum absolute atomic E-state index is 5.41. The first-order valence-corrected chi connectivity index (χ1v) is 6.28. The van der Waals surface area contributed by atoms with E-state index < -0.39 is 0 Å². The third-order valence-electron chi connectivity index (χ3n) is 3.36. The van der Waals surface area contributed by atoms with Crippen molar-refractivity contribution in [3.63, 3.8) is 0 Å². The van der Waals surface area contributed by atoms with E-state index in [1.165, 1.54) is 0 Å².